The van der Waals surface area contributed by atoms with Gasteiger partial charge in [-0.2, -0.15) is 0 Å². The van der Waals surface area contributed by atoms with Crippen molar-refractivity contribution in [2.75, 3.05) is 20.3 Å². The monoisotopic (exact) mass is 370 g/mol. The van der Waals surface area contributed by atoms with Gasteiger partial charge in [0.25, 0.3) is 5.91 Å². The maximum Gasteiger partial charge on any atom is 0.326 e. The second-order valence-corrected chi connectivity index (χ2v) is 6.85. The lowest BCUT2D eigenvalue weighted by Gasteiger charge is -2.13. The summed E-state index contributed by atoms with van der Waals surface area (Å²) >= 11 is 0. The third-order valence-electron chi connectivity index (χ3n) is 3.24. The molecule has 0 aliphatic rings. The van der Waals surface area contributed by atoms with E-state index in [1.807, 2.05) is 0 Å². The van der Waals surface area contributed by atoms with Crippen molar-refractivity contribution in [3.05, 3.63) is 42.0 Å². The molecule has 138 valence electrons. The first-order valence-electron chi connectivity index (χ1n) is 7.55. The molecule has 0 bridgehead atoms. The van der Waals surface area contributed by atoms with Crippen LogP contribution in [-0.4, -0.2) is 51.7 Å². The largest absolute Gasteiger partial charge is 0.480 e. The van der Waals surface area contributed by atoms with E-state index in [0.717, 1.165) is 0 Å². The van der Waals surface area contributed by atoms with E-state index in [9.17, 15) is 18.0 Å². The predicted molar refractivity (Wildman–Crippen MR) is 91.8 cm³/mol. The van der Waals surface area contributed by atoms with E-state index in [-0.39, 0.29) is 30.0 Å². The van der Waals surface area contributed by atoms with Crippen LogP contribution in [0.3, 0.4) is 0 Å². The first-order valence-corrected chi connectivity index (χ1v) is 9.03. The summed E-state index contributed by atoms with van der Waals surface area (Å²) in [5, 5.41) is 11.5. The predicted octanol–water partition coefficient (Wildman–Crippen LogP) is 0.761. The Bertz CT molecular complexity index is 713. The number of hydrogen-bond donors (Lipinski definition) is 3. The molecule has 3 N–H and O–H groups in total. The molecule has 1 unspecified atom stereocenters. The molecule has 0 aliphatic heterocycles. The molecule has 0 saturated carbocycles. The highest BCUT2D eigenvalue weighted by Crippen LogP contribution is 2.11. The Balaban J connectivity index is 2.80. The van der Waals surface area contributed by atoms with E-state index in [1.54, 1.807) is 19.1 Å². The van der Waals surface area contributed by atoms with E-state index in [4.69, 9.17) is 9.84 Å². The van der Waals surface area contributed by atoms with E-state index in [0.29, 0.717) is 0 Å². The number of amides is 1. The van der Waals surface area contributed by atoms with E-state index in [2.05, 4.69) is 10.0 Å². The second kappa shape index (κ2) is 9.92. The van der Waals surface area contributed by atoms with Crippen molar-refractivity contribution in [3.63, 3.8) is 0 Å². The molecule has 0 aliphatic carbocycles. The van der Waals surface area contributed by atoms with Crippen molar-refractivity contribution < 1.29 is 27.9 Å². The molecule has 25 heavy (non-hydrogen) atoms. The summed E-state index contributed by atoms with van der Waals surface area (Å²) in [5.74, 6) is -1.74. The van der Waals surface area contributed by atoms with Crippen LogP contribution >= 0.6 is 0 Å². The molecule has 0 radical (unpaired) electrons. The van der Waals surface area contributed by atoms with Gasteiger partial charge in [0.05, 0.1) is 11.5 Å². The number of carboxylic acids is 1. The summed E-state index contributed by atoms with van der Waals surface area (Å²) in [6.07, 6.45) is 3.49. The molecule has 8 nitrogen and oxygen atoms in total. The molecule has 1 atom stereocenters. The van der Waals surface area contributed by atoms with Crippen molar-refractivity contribution in [2.24, 2.45) is 0 Å². The van der Waals surface area contributed by atoms with Gasteiger partial charge < -0.3 is 15.2 Å². The molecule has 9 heteroatoms. The zero-order chi connectivity index (χ0) is 18.9. The van der Waals surface area contributed by atoms with Crippen LogP contribution in [0.15, 0.2) is 41.3 Å². The summed E-state index contributed by atoms with van der Waals surface area (Å²) in [4.78, 5) is 23.3. The highest BCUT2D eigenvalue weighted by molar-refractivity contribution is 7.89. The molecule has 1 aromatic carbocycles. The number of rotatable bonds is 10. The van der Waals surface area contributed by atoms with Gasteiger partial charge in [0.1, 0.15) is 6.04 Å². The fraction of sp³-hybridized carbons (Fsp3) is 0.375. The Morgan fingerprint density at radius 2 is 1.92 bits per heavy atom. The molecule has 0 fully saturated rings. The topological polar surface area (TPSA) is 122 Å². The molecule has 0 saturated heterocycles. The minimum Gasteiger partial charge on any atom is -0.480 e. The molecular formula is C16H22N2O6S. The number of allylic oxidation sites excluding steroid dienone is 1. The summed E-state index contributed by atoms with van der Waals surface area (Å²) in [5.41, 5.74) is 0.169. The second-order valence-electron chi connectivity index (χ2n) is 5.08. The van der Waals surface area contributed by atoms with Crippen LogP contribution in [-0.2, 0) is 19.6 Å². The number of nitrogens with one attached hydrogen (secondary N) is 2. The van der Waals surface area contributed by atoms with Gasteiger partial charge in [-0.1, -0.05) is 12.2 Å². The average Bonchev–Trinajstić information content (AvgIpc) is 2.58. The van der Waals surface area contributed by atoms with Crippen LogP contribution in [0.5, 0.6) is 0 Å². The lowest BCUT2D eigenvalue weighted by molar-refractivity contribution is -0.139. The van der Waals surface area contributed by atoms with Crippen molar-refractivity contribution in [1.29, 1.82) is 0 Å². The van der Waals surface area contributed by atoms with E-state index < -0.39 is 27.9 Å². The van der Waals surface area contributed by atoms with Crippen LogP contribution in [0.25, 0.3) is 0 Å². The average molecular weight is 370 g/mol. The summed E-state index contributed by atoms with van der Waals surface area (Å²) < 4.78 is 31.2. The minimum absolute atomic E-state index is 0.00357. The normalized spacial score (nSPS) is 12.9. The summed E-state index contributed by atoms with van der Waals surface area (Å²) in [7, 11) is -2.23. The van der Waals surface area contributed by atoms with Crippen molar-refractivity contribution >= 4 is 21.9 Å². The Hall–Kier alpha value is -2.23. The summed E-state index contributed by atoms with van der Waals surface area (Å²) in [6.45, 7) is 2.12. The molecular weight excluding hydrogens is 348 g/mol. The lowest BCUT2D eigenvalue weighted by atomic mass is 10.1. The number of ether oxygens (including phenoxy) is 1. The molecule has 1 amide bonds. The van der Waals surface area contributed by atoms with Crippen LogP contribution in [0, 0.1) is 0 Å². The SMILES string of the molecule is C/C=C/CC(NC(=O)c1ccc(S(=O)(=O)NCCOC)cc1)C(=O)O. The van der Waals surface area contributed by atoms with Gasteiger partial charge in [-0.3, -0.25) is 4.79 Å². The molecule has 0 aromatic heterocycles. The van der Waals surface area contributed by atoms with Gasteiger partial charge in [0.2, 0.25) is 10.0 Å². The van der Waals surface area contributed by atoms with Gasteiger partial charge in [0.15, 0.2) is 0 Å². The first-order chi connectivity index (χ1) is 11.8. The van der Waals surface area contributed by atoms with E-state index >= 15 is 0 Å². The van der Waals surface area contributed by atoms with Gasteiger partial charge in [-0.15, -0.1) is 0 Å². The van der Waals surface area contributed by atoms with Gasteiger partial charge in [-0.05, 0) is 37.6 Å². The third kappa shape index (κ3) is 6.65. The van der Waals surface area contributed by atoms with Crippen LogP contribution in [0.2, 0.25) is 0 Å². The number of hydrogen-bond acceptors (Lipinski definition) is 5. The maximum atomic E-state index is 12.1. The fourth-order valence-electron chi connectivity index (χ4n) is 1.88. The van der Waals surface area contributed by atoms with Crippen molar-refractivity contribution in [3.8, 4) is 0 Å². The summed E-state index contributed by atoms with van der Waals surface area (Å²) in [6, 6.07) is 4.17. The minimum atomic E-state index is -3.69. The van der Waals surface area contributed by atoms with Crippen molar-refractivity contribution in [1.82, 2.24) is 10.0 Å². The Labute approximate surface area is 146 Å². The Morgan fingerprint density at radius 1 is 1.28 bits per heavy atom. The van der Waals surface area contributed by atoms with Crippen LogP contribution < -0.4 is 10.0 Å². The number of carbonyl (C=O) groups excluding carboxylic acids is 1. The fourth-order valence-corrected chi connectivity index (χ4v) is 2.90. The number of benzene rings is 1. The number of sulfonamides is 1. The van der Waals surface area contributed by atoms with Gasteiger partial charge in [-0.25, -0.2) is 17.9 Å². The number of methoxy groups -OCH3 is 1. The lowest BCUT2D eigenvalue weighted by Crippen LogP contribution is -2.40. The molecule has 1 rings (SSSR count). The zero-order valence-corrected chi connectivity index (χ0v) is 14.9. The molecule has 0 heterocycles. The van der Waals surface area contributed by atoms with Gasteiger partial charge >= 0.3 is 5.97 Å². The van der Waals surface area contributed by atoms with E-state index in [1.165, 1.54) is 31.4 Å². The standard InChI is InChI=1S/C16H22N2O6S/c1-3-4-5-14(16(20)21)18-15(19)12-6-8-13(9-7-12)25(22,23)17-10-11-24-2/h3-4,6-9,14,17H,5,10-11H2,1-2H3,(H,18,19)(H,20,21)/b4-3+. The van der Waals surface area contributed by atoms with Crippen molar-refractivity contribution in [2.45, 2.75) is 24.3 Å². The molecule has 0 spiro atoms. The third-order valence-corrected chi connectivity index (χ3v) is 4.71. The highest BCUT2D eigenvalue weighted by Gasteiger charge is 2.20. The highest BCUT2D eigenvalue weighted by atomic mass is 32.2. The zero-order valence-electron chi connectivity index (χ0n) is 14.1. The number of aliphatic carboxylic acids is 1. The Kier molecular flexibility index (Phi) is 8.26. The quantitative estimate of drug-likeness (QED) is 0.413. The van der Waals surface area contributed by atoms with Crippen LogP contribution in [0.1, 0.15) is 23.7 Å². The Morgan fingerprint density at radius 3 is 2.44 bits per heavy atom. The number of carbonyl (C=O) groups is 2. The van der Waals surface area contributed by atoms with Crippen LogP contribution in [0.4, 0.5) is 0 Å². The molecule has 1 aromatic rings. The van der Waals surface area contributed by atoms with Gasteiger partial charge in [0, 0.05) is 19.2 Å². The first kappa shape index (κ1) is 20.8. The smallest absolute Gasteiger partial charge is 0.326 e. The number of carboxylic acid groups (broad SMARTS) is 1. The maximum absolute atomic E-state index is 12.1.